The first-order valence-electron chi connectivity index (χ1n) is 10.5. The molecular formula is C29H40. The smallest absolute Gasteiger partial charge is 0.0132 e. The first-order chi connectivity index (χ1) is 13.4. The molecule has 0 bridgehead atoms. The Morgan fingerprint density at radius 3 is 1.07 bits per heavy atom. The molecule has 0 heterocycles. The van der Waals surface area contributed by atoms with Gasteiger partial charge in [0.05, 0.1) is 0 Å². The van der Waals surface area contributed by atoms with E-state index in [1.54, 1.807) is 0 Å². The molecule has 0 fully saturated rings. The minimum absolute atomic E-state index is 0.285. The fraction of sp³-hybridized carbons (Fsp3) is 0.379. The van der Waals surface area contributed by atoms with Crippen molar-refractivity contribution in [2.75, 3.05) is 0 Å². The van der Waals surface area contributed by atoms with Gasteiger partial charge in [-0.25, -0.2) is 0 Å². The third kappa shape index (κ3) is 9.13. The van der Waals surface area contributed by atoms with Crippen LogP contribution in [0.2, 0.25) is 0 Å². The predicted octanol–water partition coefficient (Wildman–Crippen LogP) is 8.52. The van der Waals surface area contributed by atoms with E-state index < -0.39 is 0 Å². The summed E-state index contributed by atoms with van der Waals surface area (Å²) in [6, 6.07) is 21.7. The molecule has 0 nitrogen and oxygen atoms in total. The zero-order valence-electron chi connectivity index (χ0n) is 20.3. The van der Waals surface area contributed by atoms with Gasteiger partial charge in [-0.3, -0.25) is 0 Å². The van der Waals surface area contributed by atoms with Crippen LogP contribution in [-0.4, -0.2) is 0 Å². The van der Waals surface area contributed by atoms with Gasteiger partial charge in [0.1, 0.15) is 0 Å². The molecule has 0 unspecified atom stereocenters. The average molecular weight is 389 g/mol. The van der Waals surface area contributed by atoms with Crippen molar-refractivity contribution >= 4 is 0 Å². The van der Waals surface area contributed by atoms with Crippen LogP contribution in [0.3, 0.4) is 0 Å². The van der Waals surface area contributed by atoms with Gasteiger partial charge in [0.15, 0.2) is 0 Å². The second-order valence-electron chi connectivity index (χ2n) is 9.29. The summed E-state index contributed by atoms with van der Waals surface area (Å²) < 4.78 is 0. The van der Waals surface area contributed by atoms with E-state index in [0.717, 1.165) is 0 Å². The third-order valence-electron chi connectivity index (χ3n) is 5.21. The van der Waals surface area contributed by atoms with Crippen LogP contribution < -0.4 is 0 Å². The highest BCUT2D eigenvalue weighted by atomic mass is 14.2. The fourth-order valence-electron chi connectivity index (χ4n) is 2.94. The molecule has 0 aromatic heterocycles. The topological polar surface area (TPSA) is 0 Å². The molecular weight excluding hydrogens is 348 g/mol. The Hall–Kier alpha value is -2.34. The maximum absolute atomic E-state index is 2.23. The van der Waals surface area contributed by atoms with Crippen LogP contribution in [0, 0.1) is 48.5 Å². The van der Waals surface area contributed by atoms with Crippen molar-refractivity contribution < 1.29 is 0 Å². The van der Waals surface area contributed by atoms with Gasteiger partial charge in [-0.1, -0.05) is 104 Å². The van der Waals surface area contributed by atoms with Crippen LogP contribution >= 0.6 is 0 Å². The molecule has 3 aromatic rings. The van der Waals surface area contributed by atoms with Gasteiger partial charge < -0.3 is 0 Å². The first-order valence-corrected chi connectivity index (χ1v) is 10.5. The minimum atomic E-state index is 0.285. The van der Waals surface area contributed by atoms with Gasteiger partial charge in [-0.15, -0.1) is 0 Å². The molecule has 0 aliphatic heterocycles. The van der Waals surface area contributed by atoms with Crippen LogP contribution in [0.25, 0.3) is 0 Å². The Morgan fingerprint density at radius 1 is 0.448 bits per heavy atom. The molecule has 0 radical (unpaired) electrons. The molecule has 3 aromatic carbocycles. The molecule has 29 heavy (non-hydrogen) atoms. The summed E-state index contributed by atoms with van der Waals surface area (Å²) in [5.74, 6) is 0. The average Bonchev–Trinajstić information content (AvgIpc) is 2.63. The highest BCUT2D eigenvalue weighted by Crippen LogP contribution is 2.21. The monoisotopic (exact) mass is 388 g/mol. The van der Waals surface area contributed by atoms with Gasteiger partial charge in [0.2, 0.25) is 0 Å². The van der Waals surface area contributed by atoms with Crippen molar-refractivity contribution in [1.29, 1.82) is 0 Å². The zero-order chi connectivity index (χ0) is 22.2. The van der Waals surface area contributed by atoms with Crippen LogP contribution in [-0.2, 0) is 5.41 Å². The number of hydrogen-bond donors (Lipinski definition) is 0. The van der Waals surface area contributed by atoms with Crippen molar-refractivity contribution in [3.05, 3.63) is 105 Å². The van der Waals surface area contributed by atoms with Gasteiger partial charge in [-0.2, -0.15) is 0 Å². The SMILES string of the molecule is Cc1cc(C)c(C)c(C)c1.Cc1ccc(C(C)(C)C)cc1.Cc1ccc(C)cc1. The van der Waals surface area contributed by atoms with Gasteiger partial charge in [0.25, 0.3) is 0 Å². The maximum atomic E-state index is 2.23. The zero-order valence-corrected chi connectivity index (χ0v) is 20.3. The normalized spacial score (nSPS) is 10.4. The number of hydrogen-bond acceptors (Lipinski definition) is 0. The maximum Gasteiger partial charge on any atom is -0.0132 e. The predicted molar refractivity (Wildman–Crippen MR) is 131 cm³/mol. The highest BCUT2D eigenvalue weighted by Gasteiger charge is 2.11. The molecule has 0 aliphatic carbocycles. The largest absolute Gasteiger partial charge is 0.0591 e. The Labute approximate surface area is 180 Å². The van der Waals surface area contributed by atoms with Crippen molar-refractivity contribution in [3.63, 3.8) is 0 Å². The molecule has 0 saturated heterocycles. The fourth-order valence-corrected chi connectivity index (χ4v) is 2.94. The Bertz CT molecular complexity index is 829. The molecule has 0 N–H and O–H groups in total. The van der Waals surface area contributed by atoms with Gasteiger partial charge in [0, 0.05) is 0 Å². The summed E-state index contributed by atoms with van der Waals surface area (Å²) in [5, 5.41) is 0. The van der Waals surface area contributed by atoms with E-state index in [-0.39, 0.29) is 5.41 Å². The molecule has 0 saturated carbocycles. The molecule has 156 valence electrons. The van der Waals surface area contributed by atoms with Crippen molar-refractivity contribution in [1.82, 2.24) is 0 Å². The summed E-state index contributed by atoms with van der Waals surface area (Å²) >= 11 is 0. The van der Waals surface area contributed by atoms with Crippen molar-refractivity contribution in [3.8, 4) is 0 Å². The Balaban J connectivity index is 0.000000220. The lowest BCUT2D eigenvalue weighted by Gasteiger charge is -2.18. The van der Waals surface area contributed by atoms with E-state index >= 15 is 0 Å². The standard InChI is InChI=1S/C11H16.C10H14.C8H10/c1-9-5-7-10(8-6-9)11(2,3)4;1-7-5-8(2)10(4)9(3)6-7;1-7-3-5-8(2)6-4-7/h5-8H,1-4H3;5-6H,1-4H3;3-6H,1-2H3. The number of rotatable bonds is 0. The lowest BCUT2D eigenvalue weighted by molar-refractivity contribution is 0.590. The molecule has 0 spiro atoms. The molecule has 3 rings (SSSR count). The minimum Gasteiger partial charge on any atom is -0.0591 e. The van der Waals surface area contributed by atoms with E-state index in [2.05, 4.69) is 130 Å². The number of benzene rings is 3. The summed E-state index contributed by atoms with van der Waals surface area (Å²) in [7, 11) is 0. The second kappa shape index (κ2) is 11.0. The quantitative estimate of drug-likeness (QED) is 0.362. The van der Waals surface area contributed by atoms with Crippen LogP contribution in [0.1, 0.15) is 65.3 Å². The molecule has 0 amide bonds. The summed E-state index contributed by atoms with van der Waals surface area (Å²) in [4.78, 5) is 0. The summed E-state index contributed by atoms with van der Waals surface area (Å²) in [6.07, 6.45) is 0. The van der Waals surface area contributed by atoms with Crippen LogP contribution in [0.15, 0.2) is 60.7 Å². The van der Waals surface area contributed by atoms with E-state index in [1.165, 1.54) is 44.5 Å². The van der Waals surface area contributed by atoms with Crippen molar-refractivity contribution in [2.45, 2.75) is 74.7 Å². The second-order valence-corrected chi connectivity index (χ2v) is 9.29. The van der Waals surface area contributed by atoms with E-state index in [1.807, 2.05) is 0 Å². The van der Waals surface area contributed by atoms with Gasteiger partial charge in [-0.05, 0) is 76.1 Å². The number of aryl methyl sites for hydroxylation is 6. The lowest BCUT2D eigenvalue weighted by Crippen LogP contribution is -2.10. The van der Waals surface area contributed by atoms with E-state index in [0.29, 0.717) is 0 Å². The van der Waals surface area contributed by atoms with E-state index in [9.17, 15) is 0 Å². The van der Waals surface area contributed by atoms with Crippen LogP contribution in [0.4, 0.5) is 0 Å². The summed E-state index contributed by atoms with van der Waals surface area (Å²) in [5.41, 5.74) is 11.3. The Kier molecular flexibility index (Phi) is 9.37. The first kappa shape index (κ1) is 24.7. The summed E-state index contributed by atoms with van der Waals surface area (Å²) in [6.45, 7) is 21.6. The molecule has 0 heteroatoms. The van der Waals surface area contributed by atoms with Crippen LogP contribution in [0.5, 0.6) is 0 Å². The molecule has 0 atom stereocenters. The lowest BCUT2D eigenvalue weighted by atomic mass is 9.87. The van der Waals surface area contributed by atoms with E-state index in [4.69, 9.17) is 0 Å². The Morgan fingerprint density at radius 2 is 0.759 bits per heavy atom. The molecule has 0 aliphatic rings. The van der Waals surface area contributed by atoms with Crippen molar-refractivity contribution in [2.24, 2.45) is 0 Å². The third-order valence-corrected chi connectivity index (χ3v) is 5.21. The van der Waals surface area contributed by atoms with Gasteiger partial charge >= 0.3 is 0 Å². The highest BCUT2D eigenvalue weighted by molar-refractivity contribution is 5.36.